The van der Waals surface area contributed by atoms with Gasteiger partial charge in [-0.3, -0.25) is 4.79 Å². The molecule has 0 bridgehead atoms. The molecule has 0 N–H and O–H groups in total. The summed E-state index contributed by atoms with van der Waals surface area (Å²) in [7, 11) is 0. The number of ketones is 1. The molecule has 4 aliphatic rings. The summed E-state index contributed by atoms with van der Waals surface area (Å²) in [6, 6.07) is 0. The van der Waals surface area contributed by atoms with Gasteiger partial charge in [-0.05, 0) is 93.3 Å². The van der Waals surface area contributed by atoms with E-state index in [2.05, 4.69) is 34.6 Å². The van der Waals surface area contributed by atoms with E-state index < -0.39 is 0 Å². The third-order valence-corrected chi connectivity index (χ3v) is 9.16. The van der Waals surface area contributed by atoms with E-state index in [-0.39, 0.29) is 5.92 Å². The van der Waals surface area contributed by atoms with Crippen molar-refractivity contribution >= 4 is 5.78 Å². The van der Waals surface area contributed by atoms with Crippen LogP contribution in [0.2, 0.25) is 0 Å². The van der Waals surface area contributed by atoms with Crippen LogP contribution in [-0.4, -0.2) is 18.0 Å². The zero-order valence-corrected chi connectivity index (χ0v) is 17.0. The Morgan fingerprint density at radius 3 is 2.44 bits per heavy atom. The average molecular weight is 347 g/mol. The highest BCUT2D eigenvalue weighted by molar-refractivity contribution is 5.82. The third-order valence-electron chi connectivity index (χ3n) is 9.16. The van der Waals surface area contributed by atoms with Gasteiger partial charge in [-0.25, -0.2) is 0 Å². The Labute approximate surface area is 154 Å². The van der Waals surface area contributed by atoms with Gasteiger partial charge in [0.05, 0.1) is 12.2 Å². The molecule has 0 aromatic rings. The fourth-order valence-electron chi connectivity index (χ4n) is 7.91. The third kappa shape index (κ3) is 2.65. The first-order chi connectivity index (χ1) is 11.8. The number of carbonyl (C=O) groups is 1. The minimum absolute atomic E-state index is 0.286. The van der Waals surface area contributed by atoms with Crippen LogP contribution in [0.15, 0.2) is 0 Å². The molecular formula is C23H38O2. The van der Waals surface area contributed by atoms with E-state index in [0.717, 1.165) is 30.6 Å². The summed E-state index contributed by atoms with van der Waals surface area (Å²) in [5.41, 5.74) is 0.805. The van der Waals surface area contributed by atoms with Gasteiger partial charge in [-0.1, -0.05) is 20.8 Å². The van der Waals surface area contributed by atoms with E-state index in [1.54, 1.807) is 0 Å². The van der Waals surface area contributed by atoms with Crippen LogP contribution in [-0.2, 0) is 9.53 Å². The standard InChI is InChI=1S/C23H38O2/c1-14(2)25-21-9-8-18-17-7-6-16-12-20(24)15(3)13-23(16,5)19(17)10-11-22(18,21)4/h14-19,21H,6-13H2,1-5H3/t15-,16+,17+,18+,19+,21+,22+,23+/m1/s1. The molecular weight excluding hydrogens is 308 g/mol. The molecule has 0 spiro atoms. The maximum atomic E-state index is 12.3. The van der Waals surface area contributed by atoms with Crippen molar-refractivity contribution in [3.63, 3.8) is 0 Å². The largest absolute Gasteiger partial charge is 0.375 e. The Hall–Kier alpha value is -0.370. The lowest BCUT2D eigenvalue weighted by molar-refractivity contribution is -0.154. The Morgan fingerprint density at radius 1 is 1.00 bits per heavy atom. The van der Waals surface area contributed by atoms with Gasteiger partial charge in [-0.15, -0.1) is 0 Å². The van der Waals surface area contributed by atoms with Gasteiger partial charge in [-0.2, -0.15) is 0 Å². The Kier molecular flexibility index (Phi) is 4.38. The van der Waals surface area contributed by atoms with Crippen LogP contribution in [0, 0.1) is 40.4 Å². The van der Waals surface area contributed by atoms with Crippen molar-refractivity contribution in [3.8, 4) is 0 Å². The Balaban J connectivity index is 1.58. The normalized spacial score (nSPS) is 52.6. The molecule has 8 atom stereocenters. The van der Waals surface area contributed by atoms with Gasteiger partial charge >= 0.3 is 0 Å². The van der Waals surface area contributed by atoms with Crippen LogP contribution in [0.25, 0.3) is 0 Å². The molecule has 25 heavy (non-hydrogen) atoms. The van der Waals surface area contributed by atoms with Crippen LogP contribution < -0.4 is 0 Å². The second kappa shape index (κ2) is 6.08. The maximum absolute atomic E-state index is 12.3. The van der Waals surface area contributed by atoms with E-state index in [1.165, 1.54) is 38.5 Å². The van der Waals surface area contributed by atoms with Crippen LogP contribution >= 0.6 is 0 Å². The molecule has 0 aliphatic heterocycles. The zero-order chi connectivity index (χ0) is 18.0. The number of fused-ring (bicyclic) bond motifs is 5. The van der Waals surface area contributed by atoms with Crippen molar-refractivity contribution in [1.29, 1.82) is 0 Å². The van der Waals surface area contributed by atoms with Crippen molar-refractivity contribution in [1.82, 2.24) is 0 Å². The highest BCUT2D eigenvalue weighted by atomic mass is 16.5. The highest BCUT2D eigenvalue weighted by Gasteiger charge is 2.61. The topological polar surface area (TPSA) is 26.3 Å². The molecule has 0 aromatic heterocycles. The molecule has 0 amide bonds. The average Bonchev–Trinajstić information content (AvgIpc) is 2.85. The number of Topliss-reactive ketones (excluding diaryl/α,β-unsaturated/α-hetero) is 1. The fourth-order valence-corrected chi connectivity index (χ4v) is 7.91. The molecule has 0 heterocycles. The molecule has 142 valence electrons. The maximum Gasteiger partial charge on any atom is 0.136 e. The van der Waals surface area contributed by atoms with E-state index in [1.807, 2.05) is 0 Å². The quantitative estimate of drug-likeness (QED) is 0.647. The molecule has 4 saturated carbocycles. The van der Waals surface area contributed by atoms with Crippen LogP contribution in [0.4, 0.5) is 0 Å². The summed E-state index contributed by atoms with van der Waals surface area (Å²) in [5.74, 6) is 4.05. The second-order valence-electron chi connectivity index (χ2n) is 10.7. The summed E-state index contributed by atoms with van der Waals surface area (Å²) >= 11 is 0. The lowest BCUT2D eigenvalue weighted by Crippen LogP contribution is -2.55. The monoisotopic (exact) mass is 346 g/mol. The predicted octanol–water partition coefficient (Wildman–Crippen LogP) is 5.64. The summed E-state index contributed by atoms with van der Waals surface area (Å²) < 4.78 is 6.38. The number of hydrogen-bond acceptors (Lipinski definition) is 2. The number of ether oxygens (including phenoxy) is 1. The van der Waals surface area contributed by atoms with Crippen LogP contribution in [0.1, 0.15) is 86.0 Å². The number of carbonyl (C=O) groups excluding carboxylic acids is 1. The smallest absolute Gasteiger partial charge is 0.136 e. The number of rotatable bonds is 2. The van der Waals surface area contributed by atoms with E-state index >= 15 is 0 Å². The molecule has 0 aromatic carbocycles. The van der Waals surface area contributed by atoms with E-state index in [4.69, 9.17) is 4.74 Å². The van der Waals surface area contributed by atoms with Crippen LogP contribution in [0.3, 0.4) is 0 Å². The van der Waals surface area contributed by atoms with Crippen LogP contribution in [0.5, 0.6) is 0 Å². The summed E-state index contributed by atoms with van der Waals surface area (Å²) in [6.45, 7) is 11.7. The van der Waals surface area contributed by atoms with Gasteiger partial charge in [0, 0.05) is 12.3 Å². The Morgan fingerprint density at radius 2 is 1.72 bits per heavy atom. The lowest BCUT2D eigenvalue weighted by Gasteiger charge is -2.60. The second-order valence-corrected chi connectivity index (χ2v) is 10.7. The fraction of sp³-hybridized carbons (Fsp3) is 0.957. The highest BCUT2D eigenvalue weighted by Crippen LogP contribution is 2.66. The van der Waals surface area contributed by atoms with Crippen molar-refractivity contribution in [2.75, 3.05) is 0 Å². The summed E-state index contributed by atoms with van der Waals surface area (Å²) in [4.78, 5) is 12.3. The van der Waals surface area contributed by atoms with Gasteiger partial charge < -0.3 is 4.74 Å². The molecule has 0 radical (unpaired) electrons. The number of hydrogen-bond donors (Lipinski definition) is 0. The first-order valence-corrected chi connectivity index (χ1v) is 10.9. The van der Waals surface area contributed by atoms with Crippen molar-refractivity contribution in [2.45, 2.75) is 98.2 Å². The summed E-state index contributed by atoms with van der Waals surface area (Å²) in [6.07, 6.45) is 10.8. The molecule has 4 rings (SSSR count). The minimum Gasteiger partial charge on any atom is -0.375 e. The zero-order valence-electron chi connectivity index (χ0n) is 17.0. The van der Waals surface area contributed by atoms with E-state index in [9.17, 15) is 4.79 Å². The molecule has 4 fully saturated rings. The van der Waals surface area contributed by atoms with Crippen molar-refractivity contribution in [2.24, 2.45) is 40.4 Å². The molecule has 2 nitrogen and oxygen atoms in total. The molecule has 0 unspecified atom stereocenters. The summed E-state index contributed by atoms with van der Waals surface area (Å²) in [5, 5.41) is 0. The predicted molar refractivity (Wildman–Crippen MR) is 101 cm³/mol. The first-order valence-electron chi connectivity index (χ1n) is 10.9. The lowest BCUT2D eigenvalue weighted by atomic mass is 9.44. The Bertz CT molecular complexity index is 540. The van der Waals surface area contributed by atoms with Gasteiger partial charge in [0.15, 0.2) is 0 Å². The van der Waals surface area contributed by atoms with Gasteiger partial charge in [0.25, 0.3) is 0 Å². The molecule has 2 heteroatoms. The van der Waals surface area contributed by atoms with E-state index in [0.29, 0.717) is 34.7 Å². The van der Waals surface area contributed by atoms with Gasteiger partial charge in [0.1, 0.15) is 5.78 Å². The molecule has 4 aliphatic carbocycles. The van der Waals surface area contributed by atoms with Crippen molar-refractivity contribution in [3.05, 3.63) is 0 Å². The minimum atomic E-state index is 0.286. The SMILES string of the molecule is CC(C)O[C@H]1CC[C@H]2[C@@H]3CC[C@H]4CC(=O)[C@H](C)C[C@]4(C)[C@H]3CC[C@]12C. The van der Waals surface area contributed by atoms with Gasteiger partial charge in [0.2, 0.25) is 0 Å². The molecule has 0 saturated heterocycles. The van der Waals surface area contributed by atoms with Crippen molar-refractivity contribution < 1.29 is 9.53 Å². The first kappa shape index (κ1) is 18.0.